The van der Waals surface area contributed by atoms with Gasteiger partial charge in [-0.3, -0.25) is 4.79 Å². The third-order valence-corrected chi connectivity index (χ3v) is 3.11. The number of hydrogen-bond donors (Lipinski definition) is 0. The second-order valence-electron chi connectivity index (χ2n) is 4.27. The number of carbonyl (C=O) groups excluding carboxylic acids is 1. The van der Waals surface area contributed by atoms with Crippen molar-refractivity contribution in [1.29, 1.82) is 0 Å². The lowest BCUT2D eigenvalue weighted by atomic mass is 9.88. The molecule has 3 nitrogen and oxygen atoms in total. The normalized spacial score (nSPS) is 13.9. The fourth-order valence-electron chi connectivity index (χ4n) is 2.22. The van der Waals surface area contributed by atoms with Gasteiger partial charge in [-0.2, -0.15) is 0 Å². The molecule has 1 aliphatic carbocycles. The van der Waals surface area contributed by atoms with E-state index in [2.05, 4.69) is 4.65 Å². The number of methoxy groups -OCH3 is 1. The van der Waals surface area contributed by atoms with Crippen molar-refractivity contribution in [3.63, 3.8) is 0 Å². The minimum atomic E-state index is -2.95. The van der Waals surface area contributed by atoms with Crippen LogP contribution < -0.4 is 4.74 Å². The minimum absolute atomic E-state index is 0.00796. The van der Waals surface area contributed by atoms with Crippen molar-refractivity contribution >= 4 is 19.0 Å². The molecule has 0 bridgehead atoms. The zero-order valence-corrected chi connectivity index (χ0v) is 10.7. The number of rotatable bonds is 4. The SMILES string of the molecule is COc1ccc2c(c1)CCC(C(C)=O)=C2OB(F)F. The summed E-state index contributed by atoms with van der Waals surface area (Å²) in [4.78, 5) is 11.5. The Morgan fingerprint density at radius 1 is 1.32 bits per heavy atom. The number of halogens is 2. The maximum absolute atomic E-state index is 12.5. The van der Waals surface area contributed by atoms with Gasteiger partial charge in [-0.05, 0) is 43.5 Å². The van der Waals surface area contributed by atoms with E-state index in [4.69, 9.17) is 4.74 Å². The third-order valence-electron chi connectivity index (χ3n) is 3.11. The van der Waals surface area contributed by atoms with Crippen molar-refractivity contribution in [2.24, 2.45) is 0 Å². The first kappa shape index (κ1) is 13.6. The van der Waals surface area contributed by atoms with E-state index in [1.165, 1.54) is 14.0 Å². The van der Waals surface area contributed by atoms with E-state index in [0.717, 1.165) is 5.56 Å². The van der Waals surface area contributed by atoms with Gasteiger partial charge in [0.1, 0.15) is 11.5 Å². The van der Waals surface area contributed by atoms with Gasteiger partial charge >= 0.3 is 7.47 Å². The number of Topliss-reactive ketones (excluding diaryl/α,β-unsaturated/α-hetero) is 1. The lowest BCUT2D eigenvalue weighted by Gasteiger charge is -2.22. The lowest BCUT2D eigenvalue weighted by Crippen LogP contribution is -2.15. The van der Waals surface area contributed by atoms with Crippen molar-refractivity contribution in [2.45, 2.75) is 19.8 Å². The highest BCUT2D eigenvalue weighted by atomic mass is 19.2. The van der Waals surface area contributed by atoms with E-state index in [0.29, 0.717) is 29.7 Å². The second kappa shape index (κ2) is 5.42. The Kier molecular flexibility index (Phi) is 3.88. The molecule has 0 N–H and O–H groups in total. The quantitative estimate of drug-likeness (QED) is 0.786. The largest absolute Gasteiger partial charge is 0.796 e. The molecule has 0 heterocycles. The van der Waals surface area contributed by atoms with Crippen LogP contribution >= 0.6 is 0 Å². The molecule has 0 fully saturated rings. The number of ketones is 1. The van der Waals surface area contributed by atoms with Crippen molar-refractivity contribution in [3.8, 4) is 5.75 Å². The van der Waals surface area contributed by atoms with E-state index in [-0.39, 0.29) is 11.5 Å². The Hall–Kier alpha value is -1.85. The summed E-state index contributed by atoms with van der Waals surface area (Å²) in [6.45, 7) is 1.36. The highest BCUT2D eigenvalue weighted by Crippen LogP contribution is 2.35. The summed E-state index contributed by atoms with van der Waals surface area (Å²) in [5.41, 5.74) is 1.70. The Bertz CT molecular complexity index is 541. The van der Waals surface area contributed by atoms with Crippen LogP contribution in [0.1, 0.15) is 24.5 Å². The van der Waals surface area contributed by atoms with Crippen LogP contribution in [0.3, 0.4) is 0 Å². The molecule has 2 rings (SSSR count). The summed E-state index contributed by atoms with van der Waals surface area (Å²) in [6.07, 6.45) is 1.01. The standard InChI is InChI=1S/C13H13BF2O3/c1-8(17)11-5-3-9-7-10(18-2)4-6-12(9)13(11)19-14(15)16/h4,6-7H,3,5H2,1-2H3. The summed E-state index contributed by atoms with van der Waals surface area (Å²) in [6, 6.07) is 5.09. The molecule has 0 unspecified atom stereocenters. The number of allylic oxidation sites excluding steroid dienone is 1. The molecular formula is C13H13BF2O3. The molecule has 1 aromatic rings. The van der Waals surface area contributed by atoms with Gasteiger partial charge < -0.3 is 9.39 Å². The highest BCUT2D eigenvalue weighted by Gasteiger charge is 2.28. The van der Waals surface area contributed by atoms with Gasteiger partial charge in [-0.15, -0.1) is 0 Å². The fourth-order valence-corrected chi connectivity index (χ4v) is 2.22. The van der Waals surface area contributed by atoms with Gasteiger partial charge in [-0.25, -0.2) is 8.63 Å². The second-order valence-corrected chi connectivity index (χ2v) is 4.27. The average molecular weight is 266 g/mol. The highest BCUT2D eigenvalue weighted by molar-refractivity contribution is 6.36. The van der Waals surface area contributed by atoms with E-state index in [1.54, 1.807) is 18.2 Å². The number of benzene rings is 1. The summed E-state index contributed by atoms with van der Waals surface area (Å²) >= 11 is 0. The van der Waals surface area contributed by atoms with Crippen LogP contribution in [0.4, 0.5) is 8.63 Å². The van der Waals surface area contributed by atoms with Crippen molar-refractivity contribution in [1.82, 2.24) is 0 Å². The van der Waals surface area contributed by atoms with Crippen LogP contribution in [0.15, 0.2) is 23.8 Å². The molecular weight excluding hydrogens is 253 g/mol. The van der Waals surface area contributed by atoms with Gasteiger partial charge in [0.25, 0.3) is 0 Å². The zero-order chi connectivity index (χ0) is 14.0. The number of carbonyl (C=O) groups is 1. The molecule has 0 atom stereocenters. The fraction of sp³-hybridized carbons (Fsp3) is 0.308. The van der Waals surface area contributed by atoms with E-state index < -0.39 is 7.47 Å². The molecule has 19 heavy (non-hydrogen) atoms. The van der Waals surface area contributed by atoms with E-state index >= 15 is 0 Å². The molecule has 1 aliphatic rings. The topological polar surface area (TPSA) is 35.5 Å². The Morgan fingerprint density at radius 3 is 2.63 bits per heavy atom. The Balaban J connectivity index is 2.51. The van der Waals surface area contributed by atoms with Gasteiger partial charge in [0.15, 0.2) is 5.78 Å². The molecule has 0 aliphatic heterocycles. The summed E-state index contributed by atoms with van der Waals surface area (Å²) in [5.74, 6) is 0.407. The summed E-state index contributed by atoms with van der Waals surface area (Å²) in [7, 11) is -1.41. The molecule has 0 aromatic heterocycles. The number of fused-ring (bicyclic) bond motifs is 1. The zero-order valence-electron chi connectivity index (χ0n) is 10.7. The van der Waals surface area contributed by atoms with E-state index in [9.17, 15) is 13.4 Å². The minimum Gasteiger partial charge on any atom is -0.504 e. The van der Waals surface area contributed by atoms with Crippen molar-refractivity contribution < 1.29 is 22.8 Å². The van der Waals surface area contributed by atoms with E-state index in [1.807, 2.05) is 0 Å². The van der Waals surface area contributed by atoms with Gasteiger partial charge in [0.05, 0.1) is 7.11 Å². The maximum atomic E-state index is 12.5. The smallest absolute Gasteiger partial charge is 0.504 e. The average Bonchev–Trinajstić information content (AvgIpc) is 2.37. The molecule has 0 amide bonds. The Morgan fingerprint density at radius 2 is 2.05 bits per heavy atom. The van der Waals surface area contributed by atoms with Crippen LogP contribution in [0, 0.1) is 0 Å². The monoisotopic (exact) mass is 266 g/mol. The van der Waals surface area contributed by atoms with Gasteiger partial charge in [0, 0.05) is 11.1 Å². The van der Waals surface area contributed by atoms with Crippen LogP contribution in [-0.4, -0.2) is 20.4 Å². The van der Waals surface area contributed by atoms with Gasteiger partial charge in [-0.1, -0.05) is 0 Å². The first-order valence-electron chi connectivity index (χ1n) is 5.89. The van der Waals surface area contributed by atoms with Crippen LogP contribution in [0.2, 0.25) is 0 Å². The first-order chi connectivity index (χ1) is 9.02. The molecule has 6 heteroatoms. The van der Waals surface area contributed by atoms with Crippen LogP contribution in [-0.2, 0) is 15.9 Å². The van der Waals surface area contributed by atoms with Crippen LogP contribution in [0.25, 0.3) is 5.76 Å². The molecule has 1 aromatic carbocycles. The van der Waals surface area contributed by atoms with Crippen molar-refractivity contribution in [3.05, 3.63) is 34.9 Å². The number of hydrogen-bond acceptors (Lipinski definition) is 3. The predicted octanol–water partition coefficient (Wildman–Crippen LogP) is 2.88. The van der Waals surface area contributed by atoms with Gasteiger partial charge in [0.2, 0.25) is 0 Å². The van der Waals surface area contributed by atoms with Crippen molar-refractivity contribution in [2.75, 3.05) is 7.11 Å². The molecule has 0 spiro atoms. The number of ether oxygens (including phenoxy) is 1. The predicted molar refractivity (Wildman–Crippen MR) is 68.0 cm³/mol. The lowest BCUT2D eigenvalue weighted by molar-refractivity contribution is -0.113. The van der Waals surface area contributed by atoms with Crippen LogP contribution in [0.5, 0.6) is 5.75 Å². The summed E-state index contributed by atoms with van der Waals surface area (Å²) < 4.78 is 34.7. The maximum Gasteiger partial charge on any atom is 0.796 e. The first-order valence-corrected chi connectivity index (χ1v) is 5.89. The molecule has 100 valence electrons. The molecule has 0 radical (unpaired) electrons. The Labute approximate surface area is 110 Å². The number of aryl methyl sites for hydroxylation is 1. The third kappa shape index (κ3) is 2.77. The summed E-state index contributed by atoms with van der Waals surface area (Å²) in [5, 5.41) is 0. The molecule has 0 saturated heterocycles. The molecule has 0 saturated carbocycles.